The van der Waals surface area contributed by atoms with Crippen LogP contribution in [0.3, 0.4) is 0 Å². The van der Waals surface area contributed by atoms with E-state index in [9.17, 15) is 9.59 Å². The zero-order valence-electron chi connectivity index (χ0n) is 14.2. The number of aromatic nitrogens is 3. The molecular weight excluding hydrogens is 320 g/mol. The smallest absolute Gasteiger partial charge is 0.407 e. The molecule has 0 spiro atoms. The quantitative estimate of drug-likeness (QED) is 0.754. The van der Waals surface area contributed by atoms with Crippen molar-refractivity contribution in [3.63, 3.8) is 0 Å². The van der Waals surface area contributed by atoms with E-state index in [-0.39, 0.29) is 18.8 Å². The summed E-state index contributed by atoms with van der Waals surface area (Å²) in [5.74, 6) is 0.259. The zero-order chi connectivity index (χ0) is 17.5. The maximum Gasteiger partial charge on any atom is 0.407 e. The summed E-state index contributed by atoms with van der Waals surface area (Å²) in [6, 6.07) is 0. The van der Waals surface area contributed by atoms with Crippen LogP contribution in [0.1, 0.15) is 43.9 Å². The van der Waals surface area contributed by atoms with Crippen LogP contribution in [-0.4, -0.2) is 51.3 Å². The van der Waals surface area contributed by atoms with Gasteiger partial charge >= 0.3 is 12.1 Å². The zero-order valence-corrected chi connectivity index (χ0v) is 15.0. The third kappa shape index (κ3) is 6.47. The fraction of sp³-hybridized carbons (Fsp3) is 0.714. The van der Waals surface area contributed by atoms with E-state index in [1.807, 2.05) is 6.26 Å². The molecule has 0 saturated carbocycles. The highest BCUT2D eigenvalue weighted by Gasteiger charge is 2.22. The summed E-state index contributed by atoms with van der Waals surface area (Å²) in [7, 11) is 0. The average molecular weight is 344 g/mol. The first-order chi connectivity index (χ1) is 10.8. The number of thioether (sulfide) groups is 1. The Morgan fingerprint density at radius 3 is 2.61 bits per heavy atom. The number of alkyl carbamates (subject to hydrolysis) is 1. The van der Waals surface area contributed by atoms with Gasteiger partial charge in [0, 0.05) is 5.75 Å². The topological polar surface area (TPSA) is 95.3 Å². The molecule has 0 aliphatic heterocycles. The minimum absolute atomic E-state index is 0.0877. The van der Waals surface area contributed by atoms with E-state index in [2.05, 4.69) is 15.6 Å². The highest BCUT2D eigenvalue weighted by atomic mass is 32.2. The van der Waals surface area contributed by atoms with Gasteiger partial charge in [0.05, 0.1) is 25.4 Å². The number of rotatable bonds is 7. The summed E-state index contributed by atoms with van der Waals surface area (Å²) in [6.07, 6.45) is 1.41. The number of nitrogens with zero attached hydrogens (tertiary/aromatic N) is 3. The van der Waals surface area contributed by atoms with Crippen molar-refractivity contribution in [3.05, 3.63) is 11.4 Å². The molecule has 0 fully saturated rings. The van der Waals surface area contributed by atoms with E-state index in [0.29, 0.717) is 12.2 Å². The summed E-state index contributed by atoms with van der Waals surface area (Å²) in [4.78, 5) is 23.7. The number of ether oxygens (including phenoxy) is 2. The molecule has 0 bridgehead atoms. The number of carbonyl (C=O) groups excluding carboxylic acids is 2. The van der Waals surface area contributed by atoms with E-state index < -0.39 is 17.7 Å². The van der Waals surface area contributed by atoms with Crippen molar-refractivity contribution < 1.29 is 19.1 Å². The Hall–Kier alpha value is -1.77. The lowest BCUT2D eigenvalue weighted by molar-refractivity contribution is 0.0497. The molecule has 1 rings (SSSR count). The molecule has 0 radical (unpaired) electrons. The fourth-order valence-electron chi connectivity index (χ4n) is 1.69. The summed E-state index contributed by atoms with van der Waals surface area (Å²) in [6.45, 7) is 7.97. The average Bonchev–Trinajstić information content (AvgIpc) is 2.84. The van der Waals surface area contributed by atoms with Gasteiger partial charge in [-0.2, -0.15) is 11.8 Å². The molecule has 23 heavy (non-hydrogen) atoms. The van der Waals surface area contributed by atoms with Crippen LogP contribution in [0, 0.1) is 0 Å². The van der Waals surface area contributed by atoms with Crippen molar-refractivity contribution in [1.82, 2.24) is 20.3 Å². The second-order valence-corrected chi connectivity index (χ2v) is 6.66. The number of hydrogen-bond donors (Lipinski definition) is 1. The van der Waals surface area contributed by atoms with Crippen LogP contribution in [0.4, 0.5) is 4.79 Å². The molecule has 1 amide bonds. The molecule has 0 saturated heterocycles. The Bertz CT molecular complexity index is 539. The second-order valence-electron chi connectivity index (χ2n) is 5.68. The van der Waals surface area contributed by atoms with Gasteiger partial charge < -0.3 is 14.8 Å². The van der Waals surface area contributed by atoms with Gasteiger partial charge in [-0.25, -0.2) is 14.3 Å². The molecular formula is C14H24N4O4S. The SMILES string of the molecule is CCOC(=O)c1nnn(CCSC)c1CNC(=O)OC(C)(C)C. The van der Waals surface area contributed by atoms with E-state index in [1.165, 1.54) is 0 Å². The van der Waals surface area contributed by atoms with Gasteiger partial charge in [0.25, 0.3) is 0 Å². The minimum atomic E-state index is -0.592. The molecule has 8 nitrogen and oxygen atoms in total. The van der Waals surface area contributed by atoms with Crippen molar-refractivity contribution in [3.8, 4) is 0 Å². The van der Waals surface area contributed by atoms with Gasteiger partial charge in [-0.05, 0) is 34.0 Å². The Kier molecular flexibility index (Phi) is 7.34. The number of nitrogens with one attached hydrogen (secondary N) is 1. The summed E-state index contributed by atoms with van der Waals surface area (Å²) in [5, 5.41) is 10.5. The lowest BCUT2D eigenvalue weighted by Crippen LogP contribution is -2.33. The molecule has 1 aromatic rings. The van der Waals surface area contributed by atoms with Gasteiger partial charge in [-0.15, -0.1) is 5.10 Å². The Morgan fingerprint density at radius 1 is 1.35 bits per heavy atom. The van der Waals surface area contributed by atoms with Crippen LogP contribution < -0.4 is 5.32 Å². The molecule has 1 aromatic heterocycles. The summed E-state index contributed by atoms with van der Waals surface area (Å²) >= 11 is 1.65. The third-order valence-electron chi connectivity index (χ3n) is 2.61. The molecule has 0 unspecified atom stereocenters. The lowest BCUT2D eigenvalue weighted by Gasteiger charge is -2.19. The van der Waals surface area contributed by atoms with Crippen LogP contribution >= 0.6 is 11.8 Å². The number of amides is 1. The van der Waals surface area contributed by atoms with E-state index in [0.717, 1.165) is 5.75 Å². The van der Waals surface area contributed by atoms with Crippen LogP contribution in [0.2, 0.25) is 0 Å². The Balaban J connectivity index is 2.85. The van der Waals surface area contributed by atoms with Crippen molar-refractivity contribution >= 4 is 23.8 Å². The molecule has 9 heteroatoms. The minimum Gasteiger partial charge on any atom is -0.461 e. The van der Waals surface area contributed by atoms with Gasteiger partial charge in [0.2, 0.25) is 0 Å². The predicted molar refractivity (Wildman–Crippen MR) is 87.4 cm³/mol. The van der Waals surface area contributed by atoms with Gasteiger partial charge in [-0.3, -0.25) is 0 Å². The van der Waals surface area contributed by atoms with Gasteiger partial charge in [0.1, 0.15) is 5.60 Å². The first-order valence-electron chi connectivity index (χ1n) is 7.33. The molecule has 0 aromatic carbocycles. The van der Waals surface area contributed by atoms with Crippen LogP contribution in [0.5, 0.6) is 0 Å². The molecule has 0 aliphatic rings. The van der Waals surface area contributed by atoms with Crippen LogP contribution in [0.25, 0.3) is 0 Å². The predicted octanol–water partition coefficient (Wildman–Crippen LogP) is 1.84. The van der Waals surface area contributed by atoms with Crippen molar-refractivity contribution in [2.45, 2.75) is 46.4 Å². The van der Waals surface area contributed by atoms with Crippen LogP contribution in [-0.2, 0) is 22.6 Å². The lowest BCUT2D eigenvalue weighted by atomic mass is 10.2. The number of hydrogen-bond acceptors (Lipinski definition) is 7. The Labute approximate surface area is 140 Å². The van der Waals surface area contributed by atoms with Crippen molar-refractivity contribution in [1.29, 1.82) is 0 Å². The molecule has 0 aliphatic carbocycles. The van der Waals surface area contributed by atoms with Crippen molar-refractivity contribution in [2.24, 2.45) is 0 Å². The Morgan fingerprint density at radius 2 is 2.04 bits per heavy atom. The maximum absolute atomic E-state index is 11.9. The first kappa shape index (κ1) is 19.3. The molecule has 1 heterocycles. The highest BCUT2D eigenvalue weighted by molar-refractivity contribution is 7.98. The molecule has 0 atom stereocenters. The first-order valence-corrected chi connectivity index (χ1v) is 8.73. The number of aryl methyl sites for hydroxylation is 1. The largest absolute Gasteiger partial charge is 0.461 e. The molecule has 1 N–H and O–H groups in total. The van der Waals surface area contributed by atoms with Gasteiger partial charge in [0.15, 0.2) is 5.69 Å². The second kappa shape index (κ2) is 8.76. The summed E-state index contributed by atoms with van der Waals surface area (Å²) in [5.41, 5.74) is 0.0261. The highest BCUT2D eigenvalue weighted by Crippen LogP contribution is 2.10. The van der Waals surface area contributed by atoms with E-state index >= 15 is 0 Å². The van der Waals surface area contributed by atoms with E-state index in [4.69, 9.17) is 9.47 Å². The third-order valence-corrected chi connectivity index (χ3v) is 3.20. The van der Waals surface area contributed by atoms with Crippen molar-refractivity contribution in [2.75, 3.05) is 18.6 Å². The normalized spacial score (nSPS) is 11.2. The van der Waals surface area contributed by atoms with Crippen LogP contribution in [0.15, 0.2) is 0 Å². The standard InChI is InChI=1S/C14H24N4O4S/c1-6-21-12(19)11-10(18(17-16-11)7-8-23-5)9-15-13(20)22-14(2,3)4/h6-9H2,1-5H3,(H,15,20). The fourth-order valence-corrected chi connectivity index (χ4v) is 2.05. The number of carbonyl (C=O) groups is 2. The summed E-state index contributed by atoms with van der Waals surface area (Å²) < 4.78 is 11.8. The van der Waals surface area contributed by atoms with Gasteiger partial charge in [-0.1, -0.05) is 5.21 Å². The van der Waals surface area contributed by atoms with E-state index in [1.54, 1.807) is 44.1 Å². The monoisotopic (exact) mass is 344 g/mol. The maximum atomic E-state index is 11.9. The molecule has 130 valence electrons. The number of esters is 1.